The monoisotopic (exact) mass is 362 g/mol. The Hall–Kier alpha value is -2.77. The van der Waals surface area contributed by atoms with Gasteiger partial charge in [-0.2, -0.15) is 0 Å². The van der Waals surface area contributed by atoms with Crippen LogP contribution in [0.2, 0.25) is 0 Å². The standard InChI is InChI=1S/C18H19FN2O5/c1-11(15(23)12-4-6-13(19)7-5-12)26-14(22)10-21-16(24)18(20-17(21)25)8-2-3-9-18/h4-7,11H,2-3,8-10H2,1H3,(H,20,25)/t11-/m1/s1. The Morgan fingerprint density at radius 1 is 1.23 bits per heavy atom. The average molecular weight is 362 g/mol. The van der Waals surface area contributed by atoms with Crippen LogP contribution in [0.4, 0.5) is 9.18 Å². The van der Waals surface area contributed by atoms with Gasteiger partial charge in [0, 0.05) is 5.56 Å². The van der Waals surface area contributed by atoms with Gasteiger partial charge in [-0.15, -0.1) is 0 Å². The first-order valence-corrected chi connectivity index (χ1v) is 8.46. The number of rotatable bonds is 5. The minimum atomic E-state index is -1.12. The van der Waals surface area contributed by atoms with Crippen molar-refractivity contribution in [2.45, 2.75) is 44.2 Å². The van der Waals surface area contributed by atoms with Gasteiger partial charge in [0.05, 0.1) is 0 Å². The van der Waals surface area contributed by atoms with Gasteiger partial charge < -0.3 is 10.1 Å². The van der Waals surface area contributed by atoms with E-state index in [9.17, 15) is 23.6 Å². The van der Waals surface area contributed by atoms with Crippen molar-refractivity contribution in [2.75, 3.05) is 6.54 Å². The van der Waals surface area contributed by atoms with Crippen LogP contribution >= 0.6 is 0 Å². The molecule has 1 aromatic rings. The number of imide groups is 1. The molecule has 1 aliphatic carbocycles. The van der Waals surface area contributed by atoms with Crippen LogP contribution < -0.4 is 5.32 Å². The predicted octanol–water partition coefficient (Wildman–Crippen LogP) is 1.80. The zero-order valence-corrected chi connectivity index (χ0v) is 14.3. The lowest BCUT2D eigenvalue weighted by Crippen LogP contribution is -2.44. The summed E-state index contributed by atoms with van der Waals surface area (Å²) in [6, 6.07) is 4.24. The molecular formula is C18H19FN2O5. The van der Waals surface area contributed by atoms with E-state index in [1.165, 1.54) is 19.1 Å². The summed E-state index contributed by atoms with van der Waals surface area (Å²) in [4.78, 5) is 49.6. The summed E-state index contributed by atoms with van der Waals surface area (Å²) in [5.74, 6) is -2.26. The maximum Gasteiger partial charge on any atom is 0.326 e. The van der Waals surface area contributed by atoms with Gasteiger partial charge in [0.15, 0.2) is 6.10 Å². The SMILES string of the molecule is C[C@@H](OC(=O)CN1C(=O)NC2(CCCC2)C1=O)C(=O)c1ccc(F)cc1. The lowest BCUT2D eigenvalue weighted by atomic mass is 9.98. The third kappa shape index (κ3) is 3.31. The number of amides is 3. The van der Waals surface area contributed by atoms with Crippen LogP contribution in [0.25, 0.3) is 0 Å². The van der Waals surface area contributed by atoms with Crippen LogP contribution in [0.15, 0.2) is 24.3 Å². The number of ketones is 1. The van der Waals surface area contributed by atoms with E-state index in [1.807, 2.05) is 0 Å². The quantitative estimate of drug-likeness (QED) is 0.490. The molecule has 7 nitrogen and oxygen atoms in total. The fourth-order valence-electron chi connectivity index (χ4n) is 3.40. The maximum absolute atomic E-state index is 12.9. The maximum atomic E-state index is 12.9. The molecule has 1 saturated heterocycles. The van der Waals surface area contributed by atoms with E-state index in [0.717, 1.165) is 29.9 Å². The lowest BCUT2D eigenvalue weighted by Gasteiger charge is -2.20. The first-order valence-electron chi connectivity index (χ1n) is 8.46. The van der Waals surface area contributed by atoms with Gasteiger partial charge in [0.2, 0.25) is 5.78 Å². The van der Waals surface area contributed by atoms with Crippen molar-refractivity contribution in [1.82, 2.24) is 10.2 Å². The van der Waals surface area contributed by atoms with Crippen molar-refractivity contribution < 1.29 is 28.3 Å². The highest BCUT2D eigenvalue weighted by atomic mass is 19.1. The molecule has 3 rings (SSSR count). The predicted molar refractivity (Wildman–Crippen MR) is 87.7 cm³/mol. The van der Waals surface area contributed by atoms with Crippen molar-refractivity contribution in [3.05, 3.63) is 35.6 Å². The summed E-state index contributed by atoms with van der Waals surface area (Å²) in [5.41, 5.74) is -0.695. The van der Waals surface area contributed by atoms with Crippen LogP contribution in [0, 0.1) is 5.82 Å². The molecule has 0 bridgehead atoms. The van der Waals surface area contributed by atoms with Crippen LogP contribution in [-0.4, -0.2) is 46.8 Å². The Kier molecular flexibility index (Phi) is 4.76. The number of nitrogens with zero attached hydrogens (tertiary/aromatic N) is 1. The zero-order valence-electron chi connectivity index (χ0n) is 14.3. The molecule has 138 valence electrons. The van der Waals surface area contributed by atoms with E-state index in [2.05, 4.69) is 5.32 Å². The Morgan fingerprint density at radius 2 is 1.85 bits per heavy atom. The minimum Gasteiger partial charge on any atom is -0.453 e. The summed E-state index contributed by atoms with van der Waals surface area (Å²) in [5, 5.41) is 2.67. The lowest BCUT2D eigenvalue weighted by molar-refractivity contribution is -0.149. The number of esters is 1. The first-order chi connectivity index (χ1) is 12.3. The second kappa shape index (κ2) is 6.86. The highest BCUT2D eigenvalue weighted by molar-refractivity contribution is 6.09. The molecule has 1 N–H and O–H groups in total. The topological polar surface area (TPSA) is 92.8 Å². The molecular weight excluding hydrogens is 343 g/mol. The zero-order chi connectivity index (χ0) is 18.9. The van der Waals surface area contributed by atoms with E-state index < -0.39 is 47.7 Å². The minimum absolute atomic E-state index is 0.201. The van der Waals surface area contributed by atoms with Gasteiger partial charge in [0.1, 0.15) is 17.9 Å². The Bertz CT molecular complexity index is 755. The van der Waals surface area contributed by atoms with Gasteiger partial charge in [-0.3, -0.25) is 19.3 Å². The van der Waals surface area contributed by atoms with E-state index in [4.69, 9.17) is 4.74 Å². The molecule has 0 unspecified atom stereocenters. The fraction of sp³-hybridized carbons (Fsp3) is 0.444. The highest BCUT2D eigenvalue weighted by Gasteiger charge is 2.52. The number of hydrogen-bond donors (Lipinski definition) is 1. The van der Waals surface area contributed by atoms with E-state index in [1.54, 1.807) is 0 Å². The Balaban J connectivity index is 1.60. The van der Waals surface area contributed by atoms with Gasteiger partial charge in [-0.25, -0.2) is 9.18 Å². The second-order valence-electron chi connectivity index (χ2n) is 6.61. The molecule has 0 aromatic heterocycles. The Labute approximate surface area is 149 Å². The fourth-order valence-corrected chi connectivity index (χ4v) is 3.40. The van der Waals surface area contributed by atoms with Gasteiger partial charge >= 0.3 is 12.0 Å². The molecule has 3 amide bonds. The number of nitrogens with one attached hydrogen (secondary N) is 1. The smallest absolute Gasteiger partial charge is 0.326 e. The van der Waals surface area contributed by atoms with Crippen LogP contribution in [-0.2, 0) is 14.3 Å². The molecule has 2 fully saturated rings. The largest absolute Gasteiger partial charge is 0.453 e. The molecule has 26 heavy (non-hydrogen) atoms. The molecule has 1 heterocycles. The first kappa shape index (κ1) is 18.0. The normalized spacial score (nSPS) is 19.5. The number of carbonyl (C=O) groups excluding carboxylic acids is 4. The summed E-state index contributed by atoms with van der Waals surface area (Å²) in [6.45, 7) is 0.835. The molecule has 1 spiro atoms. The number of carbonyl (C=O) groups is 4. The number of urea groups is 1. The summed E-state index contributed by atoms with van der Waals surface area (Å²) >= 11 is 0. The molecule has 0 radical (unpaired) electrons. The molecule has 1 aromatic carbocycles. The molecule has 1 atom stereocenters. The van der Waals surface area contributed by atoms with Crippen LogP contribution in [0.3, 0.4) is 0 Å². The third-order valence-electron chi connectivity index (χ3n) is 4.80. The van der Waals surface area contributed by atoms with Crippen molar-refractivity contribution in [2.24, 2.45) is 0 Å². The van der Waals surface area contributed by atoms with Crippen molar-refractivity contribution >= 4 is 23.7 Å². The van der Waals surface area contributed by atoms with E-state index in [0.29, 0.717) is 12.8 Å². The van der Waals surface area contributed by atoms with E-state index >= 15 is 0 Å². The molecule has 1 saturated carbocycles. The van der Waals surface area contributed by atoms with Crippen molar-refractivity contribution in [3.8, 4) is 0 Å². The van der Waals surface area contributed by atoms with Crippen molar-refractivity contribution in [3.63, 3.8) is 0 Å². The van der Waals surface area contributed by atoms with Gasteiger partial charge in [0.25, 0.3) is 5.91 Å². The molecule has 8 heteroatoms. The van der Waals surface area contributed by atoms with E-state index in [-0.39, 0.29) is 5.56 Å². The number of benzene rings is 1. The van der Waals surface area contributed by atoms with Crippen LogP contribution in [0.5, 0.6) is 0 Å². The second-order valence-corrected chi connectivity index (χ2v) is 6.61. The number of hydrogen-bond acceptors (Lipinski definition) is 5. The average Bonchev–Trinajstić information content (AvgIpc) is 3.16. The molecule has 2 aliphatic rings. The number of Topliss-reactive ketones (excluding diaryl/α,β-unsaturated/α-hetero) is 1. The Morgan fingerprint density at radius 3 is 2.46 bits per heavy atom. The van der Waals surface area contributed by atoms with Gasteiger partial charge in [-0.1, -0.05) is 12.8 Å². The van der Waals surface area contributed by atoms with Crippen LogP contribution in [0.1, 0.15) is 43.0 Å². The molecule has 1 aliphatic heterocycles. The summed E-state index contributed by atoms with van der Waals surface area (Å²) < 4.78 is 18.0. The number of ether oxygens (including phenoxy) is 1. The summed E-state index contributed by atoms with van der Waals surface area (Å²) in [6.07, 6.45) is 1.68. The third-order valence-corrected chi connectivity index (χ3v) is 4.80. The highest BCUT2D eigenvalue weighted by Crippen LogP contribution is 2.34. The summed E-state index contributed by atoms with van der Waals surface area (Å²) in [7, 11) is 0. The van der Waals surface area contributed by atoms with Gasteiger partial charge in [-0.05, 0) is 44.0 Å². The van der Waals surface area contributed by atoms with Crippen molar-refractivity contribution in [1.29, 1.82) is 0 Å². The number of halogens is 1.